The molecule has 0 radical (unpaired) electrons. The maximum absolute atomic E-state index is 12.9. The van der Waals surface area contributed by atoms with Crippen LogP contribution in [-0.4, -0.2) is 12.6 Å². The average molecular weight is 373 g/mol. The van der Waals surface area contributed by atoms with Crippen LogP contribution in [0.5, 0.6) is 11.5 Å². The Morgan fingerprint density at radius 3 is 2.81 bits per heavy atom. The molecule has 134 valence electrons. The van der Waals surface area contributed by atoms with E-state index in [4.69, 9.17) is 31.5 Å². The molecule has 1 atom stereocenters. The maximum Gasteiger partial charge on any atom is 0.231 e. The second-order valence-corrected chi connectivity index (χ2v) is 7.78. The van der Waals surface area contributed by atoms with Crippen molar-refractivity contribution in [3.05, 3.63) is 45.5 Å². The predicted molar refractivity (Wildman–Crippen MR) is 93.3 cm³/mol. The fourth-order valence-corrected chi connectivity index (χ4v) is 4.09. The third-order valence-corrected chi connectivity index (χ3v) is 5.28. The summed E-state index contributed by atoms with van der Waals surface area (Å²) in [4.78, 5) is 12.9. The van der Waals surface area contributed by atoms with E-state index in [2.05, 4.69) is 6.07 Å². The number of nitrogens with zero attached hydrogens (tertiary/aromatic N) is 1. The normalized spacial score (nSPS) is 23.5. The van der Waals surface area contributed by atoms with Crippen LogP contribution in [0, 0.1) is 16.7 Å². The molecule has 1 aromatic carbocycles. The minimum absolute atomic E-state index is 0.00971. The molecule has 1 aliphatic carbocycles. The van der Waals surface area contributed by atoms with Gasteiger partial charge in [-0.15, -0.1) is 0 Å². The van der Waals surface area contributed by atoms with Crippen LogP contribution >= 0.6 is 11.6 Å². The van der Waals surface area contributed by atoms with Gasteiger partial charge in [0, 0.05) is 18.4 Å². The smallest absolute Gasteiger partial charge is 0.231 e. The van der Waals surface area contributed by atoms with Crippen molar-refractivity contribution < 1.29 is 19.0 Å². The van der Waals surface area contributed by atoms with E-state index in [9.17, 15) is 10.1 Å². The molecule has 0 spiro atoms. The summed E-state index contributed by atoms with van der Waals surface area (Å²) >= 11 is 6.54. The van der Waals surface area contributed by atoms with Gasteiger partial charge in [0.15, 0.2) is 17.3 Å². The van der Waals surface area contributed by atoms with Crippen LogP contribution in [0.2, 0.25) is 5.02 Å². The fourth-order valence-electron chi connectivity index (χ4n) is 3.77. The number of fused-ring (bicyclic) bond motifs is 1. The lowest BCUT2D eigenvalue weighted by Crippen LogP contribution is -2.33. The maximum atomic E-state index is 12.9. The number of hydrogen-bond donors (Lipinski definition) is 1. The first-order chi connectivity index (χ1) is 12.3. The Hall–Kier alpha value is -2.65. The zero-order valence-electron chi connectivity index (χ0n) is 14.4. The molecular formula is C19H17ClN2O4. The van der Waals surface area contributed by atoms with Crippen LogP contribution in [0.3, 0.4) is 0 Å². The Balaban J connectivity index is 1.92. The number of nitriles is 1. The van der Waals surface area contributed by atoms with Crippen molar-refractivity contribution in [2.24, 2.45) is 11.1 Å². The van der Waals surface area contributed by atoms with Crippen molar-refractivity contribution in [1.82, 2.24) is 0 Å². The molecule has 2 N–H and O–H groups in total. The Kier molecular flexibility index (Phi) is 3.67. The molecule has 2 heterocycles. The number of halogens is 1. The molecule has 1 unspecified atom stereocenters. The van der Waals surface area contributed by atoms with Gasteiger partial charge in [0.25, 0.3) is 0 Å². The van der Waals surface area contributed by atoms with E-state index in [1.165, 1.54) is 0 Å². The second kappa shape index (κ2) is 5.68. The lowest BCUT2D eigenvalue weighted by molar-refractivity contribution is -0.119. The average Bonchev–Trinajstić information content (AvgIpc) is 3.02. The minimum atomic E-state index is -0.672. The molecule has 0 bridgehead atoms. The van der Waals surface area contributed by atoms with Gasteiger partial charge in [-0.25, -0.2) is 0 Å². The number of ether oxygens (including phenoxy) is 3. The minimum Gasteiger partial charge on any atom is -0.454 e. The Morgan fingerprint density at radius 2 is 2.08 bits per heavy atom. The molecule has 0 fully saturated rings. The van der Waals surface area contributed by atoms with E-state index in [1.54, 1.807) is 12.1 Å². The lowest BCUT2D eigenvalue weighted by Gasteiger charge is -2.37. The highest BCUT2D eigenvalue weighted by Crippen LogP contribution is 2.51. The summed E-state index contributed by atoms with van der Waals surface area (Å²) in [7, 11) is 0. The summed E-state index contributed by atoms with van der Waals surface area (Å²) in [6, 6.07) is 5.55. The van der Waals surface area contributed by atoms with E-state index in [-0.39, 0.29) is 29.4 Å². The molecule has 26 heavy (non-hydrogen) atoms. The van der Waals surface area contributed by atoms with Gasteiger partial charge < -0.3 is 19.9 Å². The molecule has 1 aromatic rings. The number of benzene rings is 1. The van der Waals surface area contributed by atoms with Gasteiger partial charge in [-0.05, 0) is 17.0 Å². The first-order valence-electron chi connectivity index (χ1n) is 8.24. The standard InChI is InChI=1S/C19H17ClN2O4/c1-19(2)5-11(23)15-13(6-19)26-18(22)10(7-21)14(15)9-3-4-12-17(16(9)20)25-8-24-12/h3-4,14H,5-6,8,22H2,1-2H3. The molecule has 0 amide bonds. The van der Waals surface area contributed by atoms with Gasteiger partial charge in [0.2, 0.25) is 12.7 Å². The lowest BCUT2D eigenvalue weighted by atomic mass is 9.70. The molecule has 0 aromatic heterocycles. The first kappa shape index (κ1) is 16.8. The van der Waals surface area contributed by atoms with Gasteiger partial charge in [-0.3, -0.25) is 4.79 Å². The number of hydrogen-bond acceptors (Lipinski definition) is 6. The number of rotatable bonds is 1. The second-order valence-electron chi connectivity index (χ2n) is 7.41. The number of ketones is 1. The van der Waals surface area contributed by atoms with Crippen molar-refractivity contribution in [1.29, 1.82) is 5.26 Å². The molecule has 0 saturated carbocycles. The molecule has 4 rings (SSSR count). The van der Waals surface area contributed by atoms with Crippen LogP contribution < -0.4 is 15.2 Å². The molecule has 2 aliphatic heterocycles. The van der Waals surface area contributed by atoms with Crippen LogP contribution in [-0.2, 0) is 9.53 Å². The number of carbonyl (C=O) groups excluding carboxylic acids is 1. The molecule has 7 heteroatoms. The predicted octanol–water partition coefficient (Wildman–Crippen LogP) is 3.52. The number of nitrogens with two attached hydrogens (primary N) is 1. The van der Waals surface area contributed by atoms with Gasteiger partial charge in [-0.1, -0.05) is 31.5 Å². The molecule has 0 saturated heterocycles. The Morgan fingerprint density at radius 1 is 1.31 bits per heavy atom. The summed E-state index contributed by atoms with van der Waals surface area (Å²) in [5, 5.41) is 9.97. The van der Waals surface area contributed by atoms with E-state index < -0.39 is 5.92 Å². The zero-order valence-corrected chi connectivity index (χ0v) is 15.1. The highest BCUT2D eigenvalue weighted by Gasteiger charge is 2.44. The zero-order chi connectivity index (χ0) is 18.6. The third-order valence-electron chi connectivity index (χ3n) is 4.90. The quantitative estimate of drug-likeness (QED) is 0.810. The van der Waals surface area contributed by atoms with E-state index in [0.29, 0.717) is 46.3 Å². The van der Waals surface area contributed by atoms with E-state index in [0.717, 1.165) is 0 Å². The summed E-state index contributed by atoms with van der Waals surface area (Å²) in [6.07, 6.45) is 0.929. The summed E-state index contributed by atoms with van der Waals surface area (Å²) in [5.41, 5.74) is 6.99. The van der Waals surface area contributed by atoms with E-state index in [1.807, 2.05) is 13.8 Å². The van der Waals surface area contributed by atoms with Gasteiger partial charge in [0.05, 0.1) is 10.9 Å². The van der Waals surface area contributed by atoms with Crippen molar-refractivity contribution in [3.8, 4) is 17.6 Å². The largest absolute Gasteiger partial charge is 0.454 e. The summed E-state index contributed by atoms with van der Waals surface area (Å²) in [5.74, 6) is 0.741. The molecule has 3 aliphatic rings. The number of carbonyl (C=O) groups is 1. The Labute approximate surface area is 155 Å². The third kappa shape index (κ3) is 2.43. The highest BCUT2D eigenvalue weighted by atomic mass is 35.5. The topological polar surface area (TPSA) is 94.6 Å². The van der Waals surface area contributed by atoms with Crippen molar-refractivity contribution >= 4 is 17.4 Å². The first-order valence-corrected chi connectivity index (χ1v) is 8.62. The fraction of sp³-hybridized carbons (Fsp3) is 0.368. The van der Waals surface area contributed by atoms with Crippen molar-refractivity contribution in [2.75, 3.05) is 6.79 Å². The van der Waals surface area contributed by atoms with Crippen LogP contribution in [0.15, 0.2) is 34.9 Å². The highest BCUT2D eigenvalue weighted by molar-refractivity contribution is 6.33. The summed E-state index contributed by atoms with van der Waals surface area (Å²) in [6.45, 7) is 4.08. The van der Waals surface area contributed by atoms with Crippen LogP contribution in [0.1, 0.15) is 38.2 Å². The number of allylic oxidation sites excluding steroid dienone is 3. The molecule has 6 nitrogen and oxygen atoms in total. The van der Waals surface area contributed by atoms with Crippen molar-refractivity contribution in [2.45, 2.75) is 32.6 Å². The summed E-state index contributed by atoms with van der Waals surface area (Å²) < 4.78 is 16.5. The number of Topliss-reactive ketones (excluding diaryl/α,β-unsaturated/α-hetero) is 1. The van der Waals surface area contributed by atoms with Crippen LogP contribution in [0.4, 0.5) is 0 Å². The molecular weight excluding hydrogens is 356 g/mol. The van der Waals surface area contributed by atoms with Gasteiger partial charge in [0.1, 0.15) is 17.4 Å². The van der Waals surface area contributed by atoms with Gasteiger partial charge >= 0.3 is 0 Å². The van der Waals surface area contributed by atoms with Gasteiger partial charge in [-0.2, -0.15) is 5.26 Å². The Bertz CT molecular complexity index is 940. The SMILES string of the molecule is CC1(C)CC(=O)C2=C(C1)OC(N)=C(C#N)C2c1ccc2c(c1Cl)OCO2. The van der Waals surface area contributed by atoms with Crippen LogP contribution in [0.25, 0.3) is 0 Å². The van der Waals surface area contributed by atoms with E-state index >= 15 is 0 Å². The van der Waals surface area contributed by atoms with Crippen molar-refractivity contribution in [3.63, 3.8) is 0 Å². The monoisotopic (exact) mass is 372 g/mol.